The number of likely N-dealkylation sites (N-methyl/N-ethyl adjacent to an activating group) is 2. The van der Waals surface area contributed by atoms with E-state index in [2.05, 4.69) is 17.1 Å². The summed E-state index contributed by atoms with van der Waals surface area (Å²) in [6, 6.07) is 0.636. The second kappa shape index (κ2) is 7.10. The molecule has 0 amide bonds. The lowest BCUT2D eigenvalue weighted by atomic mass is 10.0. The van der Waals surface area contributed by atoms with Gasteiger partial charge in [-0.25, -0.2) is 0 Å². The van der Waals surface area contributed by atoms with Crippen molar-refractivity contribution >= 4 is 5.97 Å². The molecule has 4 nitrogen and oxygen atoms in total. The van der Waals surface area contributed by atoms with Crippen molar-refractivity contribution in [3.8, 4) is 0 Å². The first kappa shape index (κ1) is 15.4. The summed E-state index contributed by atoms with van der Waals surface area (Å²) in [7, 11) is 1.83. The van der Waals surface area contributed by atoms with Crippen LogP contribution in [-0.2, 0) is 9.53 Å². The fraction of sp³-hybridized carbons (Fsp3) is 0.929. The predicted molar refractivity (Wildman–Crippen MR) is 73.6 cm³/mol. The van der Waals surface area contributed by atoms with Crippen LogP contribution in [0.4, 0.5) is 0 Å². The summed E-state index contributed by atoms with van der Waals surface area (Å²) in [5.74, 6) is -0.149. The zero-order chi connectivity index (χ0) is 13.6. The molecular weight excluding hydrogens is 228 g/mol. The molecule has 0 saturated heterocycles. The van der Waals surface area contributed by atoms with Crippen molar-refractivity contribution in [3.63, 3.8) is 0 Å². The highest BCUT2D eigenvalue weighted by Crippen LogP contribution is 2.24. The van der Waals surface area contributed by atoms with E-state index in [0.717, 1.165) is 13.1 Å². The van der Waals surface area contributed by atoms with E-state index in [1.54, 1.807) is 0 Å². The maximum atomic E-state index is 12.1. The Hall–Kier alpha value is -0.610. The van der Waals surface area contributed by atoms with E-state index in [0.29, 0.717) is 12.6 Å². The van der Waals surface area contributed by atoms with E-state index in [9.17, 15) is 4.79 Å². The molecule has 1 aliphatic carbocycles. The van der Waals surface area contributed by atoms with E-state index >= 15 is 0 Å². The summed E-state index contributed by atoms with van der Waals surface area (Å²) in [4.78, 5) is 14.5. The Labute approximate surface area is 111 Å². The van der Waals surface area contributed by atoms with Gasteiger partial charge in [0, 0.05) is 12.6 Å². The summed E-state index contributed by atoms with van der Waals surface area (Å²) in [5.41, 5.74) is -0.603. The Morgan fingerprint density at radius 3 is 2.44 bits per heavy atom. The number of carbonyl (C=O) groups is 1. The largest absolute Gasteiger partial charge is 0.465 e. The van der Waals surface area contributed by atoms with E-state index in [-0.39, 0.29) is 5.97 Å². The van der Waals surface area contributed by atoms with Gasteiger partial charge in [0.2, 0.25) is 0 Å². The molecule has 0 aromatic rings. The summed E-state index contributed by atoms with van der Waals surface area (Å²) in [6.45, 7) is 8.10. The molecule has 0 aromatic heterocycles. The van der Waals surface area contributed by atoms with Crippen LogP contribution in [0, 0.1) is 0 Å². The lowest BCUT2D eigenvalue weighted by Crippen LogP contribution is -2.57. The zero-order valence-corrected chi connectivity index (χ0v) is 12.3. The Morgan fingerprint density at radius 2 is 2.00 bits per heavy atom. The Kier molecular flexibility index (Phi) is 6.09. The first-order chi connectivity index (χ1) is 8.57. The fourth-order valence-corrected chi connectivity index (χ4v) is 2.71. The zero-order valence-electron chi connectivity index (χ0n) is 12.3. The van der Waals surface area contributed by atoms with Crippen LogP contribution in [0.1, 0.15) is 46.5 Å². The van der Waals surface area contributed by atoms with Crippen LogP contribution in [-0.4, -0.2) is 49.2 Å². The molecule has 0 aliphatic heterocycles. The van der Waals surface area contributed by atoms with E-state index in [1.807, 2.05) is 20.9 Å². The standard InChI is InChI=1S/C14H28N2O2/c1-5-16(12-9-7-8-10-12)11-14(3,15-4)13(17)18-6-2/h12,15H,5-11H2,1-4H3. The van der Waals surface area contributed by atoms with E-state index < -0.39 is 5.54 Å². The molecular formula is C14H28N2O2. The topological polar surface area (TPSA) is 41.6 Å². The molecule has 1 atom stereocenters. The highest BCUT2D eigenvalue weighted by molar-refractivity contribution is 5.80. The van der Waals surface area contributed by atoms with Crippen LogP contribution in [0.5, 0.6) is 0 Å². The van der Waals surface area contributed by atoms with Crippen LogP contribution in [0.2, 0.25) is 0 Å². The van der Waals surface area contributed by atoms with Gasteiger partial charge in [-0.2, -0.15) is 0 Å². The van der Waals surface area contributed by atoms with Crippen LogP contribution >= 0.6 is 0 Å². The van der Waals surface area contributed by atoms with Crippen LogP contribution in [0.15, 0.2) is 0 Å². The minimum absolute atomic E-state index is 0.149. The SMILES string of the molecule is CCOC(=O)C(C)(CN(CC)C1CCCC1)NC. The minimum atomic E-state index is -0.603. The van der Waals surface area contributed by atoms with Crippen LogP contribution < -0.4 is 5.32 Å². The quantitative estimate of drug-likeness (QED) is 0.705. The van der Waals surface area contributed by atoms with Crippen molar-refractivity contribution in [1.82, 2.24) is 10.2 Å². The molecule has 0 spiro atoms. The molecule has 106 valence electrons. The molecule has 1 aliphatic rings. The van der Waals surface area contributed by atoms with Crippen LogP contribution in [0.3, 0.4) is 0 Å². The predicted octanol–water partition coefficient (Wildman–Crippen LogP) is 1.79. The molecule has 0 aromatic carbocycles. The normalized spacial score (nSPS) is 20.1. The molecule has 1 N–H and O–H groups in total. The summed E-state index contributed by atoms with van der Waals surface area (Å²) >= 11 is 0. The Balaban J connectivity index is 2.66. The van der Waals surface area contributed by atoms with Gasteiger partial charge in [0.25, 0.3) is 0 Å². The number of rotatable bonds is 7. The third-order valence-electron chi connectivity index (χ3n) is 4.04. The number of nitrogens with zero attached hydrogens (tertiary/aromatic N) is 1. The summed E-state index contributed by atoms with van der Waals surface area (Å²) in [6.07, 6.45) is 5.15. The van der Waals surface area contributed by atoms with Gasteiger partial charge in [-0.05, 0) is 40.3 Å². The average Bonchev–Trinajstić information content (AvgIpc) is 2.89. The molecule has 0 heterocycles. The number of hydrogen-bond acceptors (Lipinski definition) is 4. The third kappa shape index (κ3) is 3.69. The minimum Gasteiger partial charge on any atom is -0.465 e. The van der Waals surface area contributed by atoms with Crippen molar-refractivity contribution in [2.45, 2.75) is 58.0 Å². The van der Waals surface area contributed by atoms with Gasteiger partial charge >= 0.3 is 5.97 Å². The second-order valence-corrected chi connectivity index (χ2v) is 5.30. The number of nitrogens with one attached hydrogen (secondary N) is 1. The highest BCUT2D eigenvalue weighted by Gasteiger charge is 2.36. The molecule has 0 radical (unpaired) electrons. The smallest absolute Gasteiger partial charge is 0.327 e. The van der Waals surface area contributed by atoms with E-state index in [1.165, 1.54) is 25.7 Å². The Bertz CT molecular complexity index is 265. The monoisotopic (exact) mass is 256 g/mol. The number of ether oxygens (including phenoxy) is 1. The van der Waals surface area contributed by atoms with Gasteiger partial charge in [-0.3, -0.25) is 9.69 Å². The number of hydrogen-bond donors (Lipinski definition) is 1. The van der Waals surface area contributed by atoms with Crippen molar-refractivity contribution in [2.75, 3.05) is 26.7 Å². The molecule has 4 heteroatoms. The molecule has 1 saturated carbocycles. The van der Waals surface area contributed by atoms with Gasteiger partial charge in [-0.15, -0.1) is 0 Å². The fourth-order valence-electron chi connectivity index (χ4n) is 2.71. The van der Waals surface area contributed by atoms with Crippen molar-refractivity contribution in [2.24, 2.45) is 0 Å². The summed E-state index contributed by atoms with van der Waals surface area (Å²) in [5, 5.41) is 3.14. The van der Waals surface area contributed by atoms with Gasteiger partial charge in [0.05, 0.1) is 6.61 Å². The van der Waals surface area contributed by atoms with Gasteiger partial charge in [0.15, 0.2) is 0 Å². The average molecular weight is 256 g/mol. The molecule has 1 unspecified atom stereocenters. The van der Waals surface area contributed by atoms with Gasteiger partial charge in [0.1, 0.15) is 5.54 Å². The Morgan fingerprint density at radius 1 is 1.39 bits per heavy atom. The first-order valence-electron chi connectivity index (χ1n) is 7.17. The molecule has 18 heavy (non-hydrogen) atoms. The molecule has 1 fully saturated rings. The lowest BCUT2D eigenvalue weighted by molar-refractivity contribution is -0.151. The molecule has 0 bridgehead atoms. The third-order valence-corrected chi connectivity index (χ3v) is 4.04. The maximum Gasteiger partial charge on any atom is 0.327 e. The van der Waals surface area contributed by atoms with Crippen molar-refractivity contribution < 1.29 is 9.53 Å². The van der Waals surface area contributed by atoms with Gasteiger partial charge in [-0.1, -0.05) is 19.8 Å². The van der Waals surface area contributed by atoms with Crippen molar-refractivity contribution in [1.29, 1.82) is 0 Å². The van der Waals surface area contributed by atoms with Gasteiger partial charge < -0.3 is 10.1 Å². The van der Waals surface area contributed by atoms with Crippen molar-refractivity contribution in [3.05, 3.63) is 0 Å². The lowest BCUT2D eigenvalue weighted by Gasteiger charge is -2.36. The van der Waals surface area contributed by atoms with E-state index in [4.69, 9.17) is 4.74 Å². The molecule has 1 rings (SSSR count). The second-order valence-electron chi connectivity index (χ2n) is 5.30. The number of esters is 1. The summed E-state index contributed by atoms with van der Waals surface area (Å²) < 4.78 is 5.18. The highest BCUT2D eigenvalue weighted by atomic mass is 16.5. The van der Waals surface area contributed by atoms with Crippen LogP contribution in [0.25, 0.3) is 0 Å². The first-order valence-corrected chi connectivity index (χ1v) is 7.17. The maximum absolute atomic E-state index is 12.1. The number of carbonyl (C=O) groups excluding carboxylic acids is 1.